The molecule has 3 aliphatic carbocycles. The summed E-state index contributed by atoms with van der Waals surface area (Å²) in [5.41, 5.74) is 16.4. The summed E-state index contributed by atoms with van der Waals surface area (Å²) in [5, 5.41) is 4.69. The molecule has 3 heteroatoms. The fraction of sp³-hybridized carbons (Fsp3) is 0.123. The van der Waals surface area contributed by atoms with E-state index in [9.17, 15) is 0 Å². The number of hydrogen-bond donors (Lipinski definition) is 0. The van der Waals surface area contributed by atoms with Crippen LogP contribution in [-0.4, -0.2) is 4.57 Å². The van der Waals surface area contributed by atoms with Crippen molar-refractivity contribution in [1.82, 2.24) is 4.57 Å². The topological polar surface area (TPSA) is 21.3 Å². The zero-order chi connectivity index (χ0) is 40.0. The molecule has 0 radical (unpaired) electrons. The minimum Gasteiger partial charge on any atom is -0.456 e. The van der Waals surface area contributed by atoms with Crippen molar-refractivity contribution >= 4 is 66.4 Å². The van der Waals surface area contributed by atoms with Gasteiger partial charge in [0.25, 0.3) is 0 Å². The summed E-state index contributed by atoms with van der Waals surface area (Å²) in [7, 11) is 0. The number of para-hydroxylation sites is 3. The Balaban J connectivity index is 1.13. The van der Waals surface area contributed by atoms with Gasteiger partial charge in [0.1, 0.15) is 11.2 Å². The maximum atomic E-state index is 6.56. The first-order valence-electron chi connectivity index (χ1n) is 21.4. The average molecular weight is 773 g/mol. The van der Waals surface area contributed by atoms with Crippen LogP contribution in [0.5, 0.6) is 0 Å². The molecule has 60 heavy (non-hydrogen) atoms. The summed E-state index contributed by atoms with van der Waals surface area (Å²) in [6, 6.07) is 60.1. The van der Waals surface area contributed by atoms with Crippen LogP contribution in [0.2, 0.25) is 0 Å². The molecule has 0 bridgehead atoms. The van der Waals surface area contributed by atoms with E-state index >= 15 is 0 Å². The van der Waals surface area contributed by atoms with Gasteiger partial charge in [-0.2, -0.15) is 0 Å². The number of hydrogen-bond acceptors (Lipinski definition) is 2. The van der Waals surface area contributed by atoms with Gasteiger partial charge in [0.15, 0.2) is 0 Å². The zero-order valence-electron chi connectivity index (χ0n) is 33.8. The van der Waals surface area contributed by atoms with E-state index in [1.165, 1.54) is 55.2 Å². The quantitative estimate of drug-likeness (QED) is 0.168. The molecule has 3 atom stereocenters. The number of furan rings is 1. The van der Waals surface area contributed by atoms with Crippen LogP contribution >= 0.6 is 0 Å². The van der Waals surface area contributed by atoms with Crippen molar-refractivity contribution < 1.29 is 4.42 Å². The van der Waals surface area contributed by atoms with E-state index in [1.54, 1.807) is 0 Å². The Morgan fingerprint density at radius 2 is 1.27 bits per heavy atom. The molecule has 0 saturated heterocycles. The lowest BCUT2D eigenvalue weighted by atomic mass is 9.64. The molecule has 3 nitrogen and oxygen atoms in total. The van der Waals surface area contributed by atoms with Crippen molar-refractivity contribution in [2.24, 2.45) is 11.8 Å². The van der Waals surface area contributed by atoms with E-state index in [0.29, 0.717) is 11.8 Å². The molecule has 12 rings (SSSR count). The summed E-state index contributed by atoms with van der Waals surface area (Å²) in [6.45, 7) is 4.70. The third-order valence-electron chi connectivity index (χ3n) is 13.3. The van der Waals surface area contributed by atoms with Crippen molar-refractivity contribution in [3.05, 3.63) is 222 Å². The highest BCUT2D eigenvalue weighted by atomic mass is 16.3. The molecule has 3 aliphatic rings. The summed E-state index contributed by atoms with van der Waals surface area (Å²) in [6.07, 6.45) is 14.3. The highest BCUT2D eigenvalue weighted by Crippen LogP contribution is 2.59. The average Bonchev–Trinajstić information content (AvgIpc) is 3.92. The third-order valence-corrected chi connectivity index (χ3v) is 13.3. The van der Waals surface area contributed by atoms with Crippen LogP contribution in [0.1, 0.15) is 43.4 Å². The van der Waals surface area contributed by atoms with E-state index in [0.717, 1.165) is 57.5 Å². The Hall–Kier alpha value is -7.10. The molecule has 2 heterocycles. The van der Waals surface area contributed by atoms with Gasteiger partial charge >= 0.3 is 0 Å². The van der Waals surface area contributed by atoms with Crippen LogP contribution in [0, 0.1) is 11.8 Å². The molecule has 0 aliphatic heterocycles. The van der Waals surface area contributed by atoms with Crippen molar-refractivity contribution in [2.45, 2.75) is 32.1 Å². The third kappa shape index (κ3) is 5.15. The Labute approximate surface area is 350 Å². The summed E-state index contributed by atoms with van der Waals surface area (Å²) < 4.78 is 8.95. The number of fused-ring (bicyclic) bond motifs is 8. The number of anilines is 3. The largest absolute Gasteiger partial charge is 0.456 e. The number of benzene rings is 7. The lowest BCUT2D eigenvalue weighted by Crippen LogP contribution is -2.31. The molecular weight excluding hydrogens is 729 g/mol. The van der Waals surface area contributed by atoms with Gasteiger partial charge in [-0.1, -0.05) is 135 Å². The Kier molecular flexibility index (Phi) is 7.84. The number of aromatic nitrogens is 1. The Bertz CT molecular complexity index is 3300. The SMILES string of the molecule is CC1C=C(C2(c3ccccc3)C3=C(CC(C)C=C3)c3ccc(N(c4ccc5c(c4)oc4ccccc45)c4ccc5c(c4)c4ccccc4n5-c4ccccc4)cc32)C=CC1. The van der Waals surface area contributed by atoms with Crippen LogP contribution in [0.25, 0.3) is 55.0 Å². The van der Waals surface area contributed by atoms with Crippen LogP contribution in [0.3, 0.4) is 0 Å². The van der Waals surface area contributed by atoms with E-state index in [1.807, 2.05) is 6.07 Å². The molecule has 0 spiro atoms. The maximum Gasteiger partial charge on any atom is 0.137 e. The lowest BCUT2D eigenvalue weighted by molar-refractivity contribution is 0.669. The van der Waals surface area contributed by atoms with E-state index < -0.39 is 5.41 Å². The fourth-order valence-corrected chi connectivity index (χ4v) is 10.7. The summed E-state index contributed by atoms with van der Waals surface area (Å²) in [4.78, 5) is 2.44. The van der Waals surface area contributed by atoms with Crippen LogP contribution in [-0.2, 0) is 5.41 Å². The van der Waals surface area contributed by atoms with Crippen LogP contribution in [0.4, 0.5) is 17.1 Å². The highest BCUT2D eigenvalue weighted by Gasteiger charge is 2.49. The summed E-state index contributed by atoms with van der Waals surface area (Å²) >= 11 is 0. The predicted molar refractivity (Wildman–Crippen MR) is 251 cm³/mol. The van der Waals surface area contributed by atoms with Gasteiger partial charge in [-0.25, -0.2) is 0 Å². The Morgan fingerprint density at radius 3 is 2.12 bits per heavy atom. The van der Waals surface area contributed by atoms with Crippen LogP contribution < -0.4 is 4.90 Å². The van der Waals surface area contributed by atoms with E-state index in [-0.39, 0.29) is 0 Å². The molecule has 2 aromatic heterocycles. The van der Waals surface area contributed by atoms with Crippen LogP contribution in [0.15, 0.2) is 210 Å². The first kappa shape index (κ1) is 34.9. The first-order chi connectivity index (χ1) is 29.6. The molecule has 0 N–H and O–H groups in total. The zero-order valence-corrected chi connectivity index (χ0v) is 33.8. The molecule has 0 fully saturated rings. The van der Waals surface area contributed by atoms with Gasteiger partial charge in [0.2, 0.25) is 0 Å². The first-order valence-corrected chi connectivity index (χ1v) is 21.4. The standard InChI is InChI=1S/C57H44N2O/c1-37-14-13-17-40(32-37)57(39-15-5-3-6-16-39)51-30-24-38(2)33-49(51)45-28-25-43(35-52(45)57)58(44-26-29-48-47-21-10-12-23-55(47)60-56(48)36-44)42-27-31-54-50(34-42)46-20-9-11-22-53(46)59(54)41-18-7-4-8-19-41/h3-13,15-32,34-38H,14,33H2,1-2H3. The second-order valence-electron chi connectivity index (χ2n) is 17.0. The van der Waals surface area contributed by atoms with Gasteiger partial charge in [-0.3, -0.25) is 0 Å². The van der Waals surface area contributed by atoms with E-state index in [2.05, 4.69) is 211 Å². The van der Waals surface area contributed by atoms with E-state index in [4.69, 9.17) is 4.42 Å². The maximum absolute atomic E-state index is 6.56. The van der Waals surface area contributed by atoms with Gasteiger partial charge in [-0.15, -0.1) is 0 Å². The van der Waals surface area contributed by atoms with Crippen molar-refractivity contribution in [3.63, 3.8) is 0 Å². The molecular formula is C57H44N2O. The normalized spacial score (nSPS) is 19.7. The van der Waals surface area contributed by atoms with Crippen molar-refractivity contribution in [1.29, 1.82) is 0 Å². The minimum absolute atomic E-state index is 0.449. The second-order valence-corrected chi connectivity index (χ2v) is 17.0. The monoisotopic (exact) mass is 772 g/mol. The van der Waals surface area contributed by atoms with Gasteiger partial charge in [0, 0.05) is 50.4 Å². The smallest absolute Gasteiger partial charge is 0.137 e. The van der Waals surface area contributed by atoms with Crippen molar-refractivity contribution in [3.8, 4) is 5.69 Å². The molecule has 9 aromatic rings. The number of nitrogens with zero attached hydrogens (tertiary/aromatic N) is 2. The van der Waals surface area contributed by atoms with Crippen molar-refractivity contribution in [2.75, 3.05) is 4.90 Å². The predicted octanol–water partition coefficient (Wildman–Crippen LogP) is 15.3. The summed E-state index contributed by atoms with van der Waals surface area (Å²) in [5.74, 6) is 0.916. The van der Waals surface area contributed by atoms with Gasteiger partial charge in [-0.05, 0) is 125 Å². The molecule has 3 unspecified atom stereocenters. The second kappa shape index (κ2) is 13.5. The molecule has 0 saturated carbocycles. The number of allylic oxidation sites excluding steroid dienone is 8. The minimum atomic E-state index is -0.453. The fourth-order valence-electron chi connectivity index (χ4n) is 10.7. The molecule has 7 aromatic carbocycles. The highest BCUT2D eigenvalue weighted by molar-refractivity contribution is 6.11. The lowest BCUT2D eigenvalue weighted by Gasteiger charge is -2.38. The Morgan fingerprint density at radius 1 is 0.583 bits per heavy atom. The van der Waals surface area contributed by atoms with Gasteiger partial charge < -0.3 is 13.9 Å². The van der Waals surface area contributed by atoms with Gasteiger partial charge in [0.05, 0.1) is 16.4 Å². The number of rotatable bonds is 6. The molecule has 0 amide bonds. The molecule has 288 valence electrons.